The molecule has 0 fully saturated rings. The molecule has 0 amide bonds. The molecule has 0 aliphatic heterocycles. The van der Waals surface area contributed by atoms with Crippen molar-refractivity contribution in [1.82, 2.24) is 9.38 Å². The van der Waals surface area contributed by atoms with Crippen LogP contribution < -0.4 is 10.1 Å². The Morgan fingerprint density at radius 3 is 2.77 bits per heavy atom. The third kappa shape index (κ3) is 2.81. The summed E-state index contributed by atoms with van der Waals surface area (Å²) in [6.45, 7) is 3.56. The third-order valence-corrected chi connectivity index (χ3v) is 6.14. The van der Waals surface area contributed by atoms with E-state index in [0.29, 0.717) is 32.1 Å². The highest BCUT2D eigenvalue weighted by molar-refractivity contribution is 7.15. The van der Waals surface area contributed by atoms with Crippen molar-refractivity contribution in [3.63, 3.8) is 0 Å². The summed E-state index contributed by atoms with van der Waals surface area (Å²) < 4.78 is 7.99. The monoisotopic (exact) mass is 417 g/mol. The van der Waals surface area contributed by atoms with Crippen LogP contribution >= 0.6 is 11.3 Å². The highest BCUT2D eigenvalue weighted by atomic mass is 32.1. The average molecular weight is 417 g/mol. The van der Waals surface area contributed by atoms with Crippen LogP contribution in [0.25, 0.3) is 33.4 Å². The van der Waals surface area contributed by atoms with Crippen molar-refractivity contribution in [2.45, 2.75) is 13.8 Å². The van der Waals surface area contributed by atoms with Crippen LogP contribution in [0.1, 0.15) is 16.9 Å². The lowest BCUT2D eigenvalue weighted by molar-refractivity contribution is -0.385. The van der Waals surface area contributed by atoms with Crippen LogP contribution in [0, 0.1) is 24.0 Å². The molecule has 2 aromatic carbocycles. The first kappa shape index (κ1) is 18.3. The Kier molecular flexibility index (Phi) is 4.04. The van der Waals surface area contributed by atoms with E-state index in [2.05, 4.69) is 4.98 Å². The molecule has 0 spiro atoms. The second-order valence-corrected chi connectivity index (χ2v) is 8.04. The summed E-state index contributed by atoms with van der Waals surface area (Å²) in [6.07, 6.45) is 1.68. The quantitative estimate of drug-likeness (QED) is 0.323. The van der Waals surface area contributed by atoms with Gasteiger partial charge in [0.15, 0.2) is 4.96 Å². The maximum atomic E-state index is 12.9. The third-order valence-electron chi connectivity index (χ3n) is 5.17. The number of nitrogens with zero attached hydrogens (tertiary/aromatic N) is 3. The molecule has 3 heterocycles. The molecule has 0 radical (unpaired) electrons. The molecule has 0 saturated heterocycles. The largest absolute Gasteiger partial charge is 0.457 e. The maximum absolute atomic E-state index is 12.9. The van der Waals surface area contributed by atoms with Crippen molar-refractivity contribution in [3.8, 4) is 11.3 Å². The van der Waals surface area contributed by atoms with Crippen molar-refractivity contribution in [1.29, 1.82) is 0 Å². The van der Waals surface area contributed by atoms with Gasteiger partial charge in [0, 0.05) is 23.3 Å². The number of fused-ring (bicyclic) bond motifs is 3. The lowest BCUT2D eigenvalue weighted by Crippen LogP contribution is -2.22. The summed E-state index contributed by atoms with van der Waals surface area (Å²) in [5.74, 6) is 1.00. The van der Waals surface area contributed by atoms with Gasteiger partial charge in [-0.15, -0.1) is 0 Å². The van der Waals surface area contributed by atoms with E-state index in [0.717, 1.165) is 16.6 Å². The number of hydrogen-bond acceptors (Lipinski definition) is 6. The Morgan fingerprint density at radius 1 is 1.17 bits per heavy atom. The molecule has 3 aromatic heterocycles. The molecule has 0 aliphatic carbocycles. The summed E-state index contributed by atoms with van der Waals surface area (Å²) in [5.41, 5.74) is 3.53. The lowest BCUT2D eigenvalue weighted by atomic mass is 10.0. The van der Waals surface area contributed by atoms with Crippen LogP contribution in [0.4, 0.5) is 5.69 Å². The van der Waals surface area contributed by atoms with Crippen LogP contribution in [-0.2, 0) is 0 Å². The smallest absolute Gasteiger partial charge is 0.275 e. The molecule has 0 saturated carbocycles. The molecule has 8 heteroatoms. The van der Waals surface area contributed by atoms with Crippen molar-refractivity contribution in [2.24, 2.45) is 0 Å². The van der Waals surface area contributed by atoms with Gasteiger partial charge in [0.1, 0.15) is 16.1 Å². The van der Waals surface area contributed by atoms with Crippen LogP contribution in [0.2, 0.25) is 0 Å². The molecular formula is C22H15N3O4S. The fourth-order valence-electron chi connectivity index (χ4n) is 3.50. The van der Waals surface area contributed by atoms with Gasteiger partial charge in [0.2, 0.25) is 0 Å². The standard InChI is InChI=1S/C22H15N3O4S/c1-12-9-14(10-18(13(12)2)25(27)28)19-8-7-15(29-19)11-20-21(26)24-17-6-4-3-5-16(17)23-22(24)30-20/h3-11H,1-2H3/b20-11-. The van der Waals surface area contributed by atoms with Crippen molar-refractivity contribution in [3.05, 3.63) is 90.4 Å². The van der Waals surface area contributed by atoms with Gasteiger partial charge in [-0.2, -0.15) is 0 Å². The molecule has 0 aliphatic rings. The van der Waals surface area contributed by atoms with Crippen molar-refractivity contribution in [2.75, 3.05) is 0 Å². The molecular weight excluding hydrogens is 402 g/mol. The fourth-order valence-corrected chi connectivity index (χ4v) is 4.47. The number of hydrogen-bond donors (Lipinski definition) is 0. The van der Waals surface area contributed by atoms with E-state index >= 15 is 0 Å². The van der Waals surface area contributed by atoms with Gasteiger partial charge in [-0.05, 0) is 49.7 Å². The zero-order chi connectivity index (χ0) is 21.0. The number of rotatable bonds is 3. The first-order valence-corrected chi connectivity index (χ1v) is 10.0. The molecule has 5 rings (SSSR count). The molecule has 0 N–H and O–H groups in total. The molecule has 7 nitrogen and oxygen atoms in total. The van der Waals surface area contributed by atoms with Gasteiger partial charge < -0.3 is 4.42 Å². The number of aryl methyl sites for hydroxylation is 1. The first-order chi connectivity index (χ1) is 14.4. The first-order valence-electron chi connectivity index (χ1n) is 9.20. The SMILES string of the molecule is Cc1cc(-c2ccc(/C=c3\sc4nc5ccccc5n4c3=O)o2)cc([N+](=O)[O-])c1C. The predicted molar refractivity (Wildman–Crippen MR) is 116 cm³/mol. The summed E-state index contributed by atoms with van der Waals surface area (Å²) in [7, 11) is 0. The fraction of sp³-hybridized carbons (Fsp3) is 0.0909. The van der Waals surface area contributed by atoms with Gasteiger partial charge in [-0.25, -0.2) is 9.38 Å². The van der Waals surface area contributed by atoms with E-state index < -0.39 is 4.92 Å². The average Bonchev–Trinajstić information content (AvgIpc) is 3.40. The van der Waals surface area contributed by atoms with Gasteiger partial charge in [-0.1, -0.05) is 23.5 Å². The van der Waals surface area contributed by atoms with E-state index in [-0.39, 0.29) is 11.2 Å². The number of nitro groups is 1. The minimum atomic E-state index is -0.392. The topological polar surface area (TPSA) is 90.7 Å². The van der Waals surface area contributed by atoms with Gasteiger partial charge in [0.05, 0.1) is 16.0 Å². The van der Waals surface area contributed by atoms with Crippen LogP contribution in [0.3, 0.4) is 0 Å². The van der Waals surface area contributed by atoms with E-state index in [1.54, 1.807) is 29.5 Å². The zero-order valence-corrected chi connectivity index (χ0v) is 16.9. The summed E-state index contributed by atoms with van der Waals surface area (Å²) >= 11 is 1.29. The summed E-state index contributed by atoms with van der Waals surface area (Å²) in [5, 5.41) is 11.3. The van der Waals surface area contributed by atoms with Gasteiger partial charge >= 0.3 is 0 Å². The lowest BCUT2D eigenvalue weighted by Gasteiger charge is -2.04. The summed E-state index contributed by atoms with van der Waals surface area (Å²) in [6, 6.07) is 14.4. The van der Waals surface area contributed by atoms with E-state index in [4.69, 9.17) is 4.42 Å². The number of aromatic nitrogens is 2. The van der Waals surface area contributed by atoms with Crippen molar-refractivity contribution >= 4 is 39.1 Å². The Labute approximate surface area is 173 Å². The Hall–Kier alpha value is -3.78. The maximum Gasteiger partial charge on any atom is 0.275 e. The highest BCUT2D eigenvalue weighted by Gasteiger charge is 2.17. The number of imidazole rings is 1. The van der Waals surface area contributed by atoms with Gasteiger partial charge in [-0.3, -0.25) is 14.9 Å². The van der Waals surface area contributed by atoms with Crippen LogP contribution in [-0.4, -0.2) is 14.3 Å². The second-order valence-electron chi connectivity index (χ2n) is 7.03. The predicted octanol–water partition coefficient (Wildman–Crippen LogP) is 4.24. The highest BCUT2D eigenvalue weighted by Crippen LogP contribution is 2.31. The molecule has 5 aromatic rings. The normalized spacial score (nSPS) is 12.3. The van der Waals surface area contributed by atoms with Gasteiger partial charge in [0.25, 0.3) is 11.2 Å². The van der Waals surface area contributed by atoms with E-state index in [9.17, 15) is 14.9 Å². The van der Waals surface area contributed by atoms with E-state index in [1.807, 2.05) is 37.3 Å². The van der Waals surface area contributed by atoms with E-state index in [1.165, 1.54) is 17.4 Å². The Bertz CT molecular complexity index is 1580. The Morgan fingerprint density at radius 2 is 1.97 bits per heavy atom. The molecule has 148 valence electrons. The number of thiazole rings is 1. The second kappa shape index (κ2) is 6.64. The minimum absolute atomic E-state index is 0.0557. The van der Waals surface area contributed by atoms with Crippen molar-refractivity contribution < 1.29 is 9.34 Å². The van der Waals surface area contributed by atoms with Crippen LogP contribution in [0.15, 0.2) is 57.7 Å². The number of para-hydroxylation sites is 2. The van der Waals surface area contributed by atoms with Crippen LogP contribution in [0.5, 0.6) is 0 Å². The number of nitro benzene ring substituents is 1. The molecule has 0 unspecified atom stereocenters. The zero-order valence-electron chi connectivity index (χ0n) is 16.1. The number of furan rings is 1. The Balaban J connectivity index is 1.60. The number of benzene rings is 2. The minimum Gasteiger partial charge on any atom is -0.457 e. The summed E-state index contributed by atoms with van der Waals surface area (Å²) in [4.78, 5) is 28.9. The molecule has 0 atom stereocenters. The molecule has 30 heavy (non-hydrogen) atoms. The molecule has 0 bridgehead atoms.